The normalized spacial score (nSPS) is 17.8. The topological polar surface area (TPSA) is 37.8 Å². The Balaban J connectivity index is 1.87. The Morgan fingerprint density at radius 3 is 2.89 bits per heavy atom. The number of rotatable bonds is 3. The van der Waals surface area contributed by atoms with Crippen molar-refractivity contribution in [2.75, 3.05) is 5.32 Å². The van der Waals surface area contributed by atoms with Gasteiger partial charge < -0.3 is 5.32 Å². The van der Waals surface area contributed by atoms with Crippen LogP contribution in [0.1, 0.15) is 32.6 Å². The van der Waals surface area contributed by atoms with Gasteiger partial charge in [-0.3, -0.25) is 9.97 Å². The minimum Gasteiger partial charge on any atom is -0.380 e. The first-order valence-electron chi connectivity index (χ1n) is 6.91. The van der Waals surface area contributed by atoms with Crippen LogP contribution in [0.3, 0.4) is 0 Å². The number of hydrogen-bond acceptors (Lipinski definition) is 3. The Hall–Kier alpha value is -1.16. The summed E-state index contributed by atoms with van der Waals surface area (Å²) < 4.78 is 0.966. The maximum absolute atomic E-state index is 4.49. The van der Waals surface area contributed by atoms with Gasteiger partial charge in [0, 0.05) is 22.9 Å². The Kier molecular flexibility index (Phi) is 3.69. The number of nitrogens with zero attached hydrogens (tertiary/aromatic N) is 2. The second-order valence-electron chi connectivity index (χ2n) is 5.36. The summed E-state index contributed by atoms with van der Waals surface area (Å²) in [6, 6.07) is 4.53. The van der Waals surface area contributed by atoms with Gasteiger partial charge in [0.05, 0.1) is 11.2 Å². The summed E-state index contributed by atoms with van der Waals surface area (Å²) in [5.74, 6) is 0.790. The molecule has 100 valence electrons. The molecule has 4 heteroatoms. The summed E-state index contributed by atoms with van der Waals surface area (Å²) in [6.45, 7) is 2.28. The monoisotopic (exact) mass is 319 g/mol. The van der Waals surface area contributed by atoms with Crippen molar-refractivity contribution in [2.45, 2.75) is 38.6 Å². The van der Waals surface area contributed by atoms with Crippen molar-refractivity contribution in [3.63, 3.8) is 0 Å². The Morgan fingerprint density at radius 1 is 1.32 bits per heavy atom. The highest BCUT2D eigenvalue weighted by Gasteiger charge is 2.21. The molecule has 0 saturated heterocycles. The van der Waals surface area contributed by atoms with Gasteiger partial charge in [-0.2, -0.15) is 0 Å². The predicted octanol–water partition coefficient (Wildman–Crippen LogP) is 4.38. The lowest BCUT2D eigenvalue weighted by molar-refractivity contribution is 0.482. The number of halogens is 1. The van der Waals surface area contributed by atoms with E-state index < -0.39 is 0 Å². The van der Waals surface area contributed by atoms with E-state index in [4.69, 9.17) is 0 Å². The molecule has 3 rings (SSSR count). The molecule has 0 bridgehead atoms. The molecule has 19 heavy (non-hydrogen) atoms. The van der Waals surface area contributed by atoms with E-state index in [1.54, 1.807) is 0 Å². The van der Waals surface area contributed by atoms with Crippen molar-refractivity contribution >= 4 is 32.7 Å². The zero-order valence-corrected chi connectivity index (χ0v) is 12.7. The van der Waals surface area contributed by atoms with E-state index in [2.05, 4.69) is 38.1 Å². The molecule has 2 aromatic rings. The van der Waals surface area contributed by atoms with Crippen molar-refractivity contribution in [2.24, 2.45) is 5.92 Å². The molecule has 1 aliphatic carbocycles. The summed E-state index contributed by atoms with van der Waals surface area (Å²) in [4.78, 5) is 8.86. The molecule has 0 amide bonds. The van der Waals surface area contributed by atoms with E-state index in [1.165, 1.54) is 25.7 Å². The second-order valence-corrected chi connectivity index (χ2v) is 6.27. The van der Waals surface area contributed by atoms with E-state index >= 15 is 0 Å². The summed E-state index contributed by atoms with van der Waals surface area (Å²) in [5.41, 5.74) is 2.98. The lowest BCUT2D eigenvalue weighted by Crippen LogP contribution is -2.24. The quantitative estimate of drug-likeness (QED) is 0.912. The lowest BCUT2D eigenvalue weighted by Gasteiger charge is -2.22. The number of hydrogen-bond donors (Lipinski definition) is 1. The highest BCUT2D eigenvalue weighted by molar-refractivity contribution is 9.10. The SMILES string of the molecule is CC(Nc1ccnc2cc(Br)cnc12)C1CCCC1. The molecule has 1 aliphatic rings. The fourth-order valence-electron chi connectivity index (χ4n) is 2.94. The van der Waals surface area contributed by atoms with Crippen molar-refractivity contribution in [1.82, 2.24) is 9.97 Å². The molecule has 1 saturated carbocycles. The zero-order chi connectivity index (χ0) is 13.2. The standard InChI is InChI=1S/C15H18BrN3/c1-10(11-4-2-3-5-11)19-13-6-7-17-14-8-12(16)9-18-15(13)14/h6-11H,2-5H2,1H3,(H,17,19). The van der Waals surface area contributed by atoms with Crippen LogP contribution in [0.25, 0.3) is 11.0 Å². The van der Waals surface area contributed by atoms with Crippen LogP contribution in [0.4, 0.5) is 5.69 Å². The Morgan fingerprint density at radius 2 is 2.11 bits per heavy atom. The summed E-state index contributed by atoms with van der Waals surface area (Å²) in [7, 11) is 0. The number of anilines is 1. The Labute approximate surface area is 122 Å². The smallest absolute Gasteiger partial charge is 0.112 e. The molecule has 3 nitrogen and oxygen atoms in total. The molecule has 1 N–H and O–H groups in total. The molecule has 0 spiro atoms. The van der Waals surface area contributed by atoms with Crippen LogP contribution in [0.2, 0.25) is 0 Å². The van der Waals surface area contributed by atoms with Crippen LogP contribution in [0, 0.1) is 5.92 Å². The van der Waals surface area contributed by atoms with Gasteiger partial charge in [-0.15, -0.1) is 0 Å². The van der Waals surface area contributed by atoms with E-state index in [-0.39, 0.29) is 0 Å². The van der Waals surface area contributed by atoms with Crippen molar-refractivity contribution < 1.29 is 0 Å². The third kappa shape index (κ3) is 2.73. The summed E-state index contributed by atoms with van der Waals surface area (Å²) in [6.07, 6.45) is 9.11. The molecule has 2 heterocycles. The average molecular weight is 320 g/mol. The molecular formula is C15H18BrN3. The van der Waals surface area contributed by atoms with E-state index in [0.717, 1.165) is 27.1 Å². The van der Waals surface area contributed by atoms with E-state index in [1.807, 2.05) is 24.5 Å². The molecule has 1 atom stereocenters. The van der Waals surface area contributed by atoms with Crippen LogP contribution < -0.4 is 5.32 Å². The third-order valence-corrected chi connectivity index (χ3v) is 4.47. The first-order valence-corrected chi connectivity index (χ1v) is 7.70. The maximum atomic E-state index is 4.49. The van der Waals surface area contributed by atoms with E-state index in [9.17, 15) is 0 Å². The molecule has 1 fully saturated rings. The highest BCUT2D eigenvalue weighted by Crippen LogP contribution is 2.30. The first kappa shape index (κ1) is 12.9. The molecule has 0 aromatic carbocycles. The Bertz CT molecular complexity index is 579. The van der Waals surface area contributed by atoms with Gasteiger partial charge in [0.2, 0.25) is 0 Å². The highest BCUT2D eigenvalue weighted by atomic mass is 79.9. The fraction of sp³-hybridized carbons (Fsp3) is 0.467. The summed E-state index contributed by atoms with van der Waals surface area (Å²) in [5, 5.41) is 3.63. The molecule has 2 aromatic heterocycles. The molecule has 1 unspecified atom stereocenters. The minimum absolute atomic E-state index is 0.499. The number of fused-ring (bicyclic) bond motifs is 1. The lowest BCUT2D eigenvalue weighted by atomic mass is 9.99. The average Bonchev–Trinajstić information content (AvgIpc) is 2.92. The van der Waals surface area contributed by atoms with Crippen molar-refractivity contribution in [3.8, 4) is 0 Å². The number of aromatic nitrogens is 2. The van der Waals surface area contributed by atoms with Gasteiger partial charge >= 0.3 is 0 Å². The van der Waals surface area contributed by atoms with Crippen LogP contribution in [-0.4, -0.2) is 16.0 Å². The number of pyridine rings is 2. The van der Waals surface area contributed by atoms with E-state index in [0.29, 0.717) is 6.04 Å². The van der Waals surface area contributed by atoms with Gasteiger partial charge in [0.15, 0.2) is 0 Å². The molecule has 0 radical (unpaired) electrons. The third-order valence-electron chi connectivity index (χ3n) is 4.03. The summed E-state index contributed by atoms with van der Waals surface area (Å²) >= 11 is 3.44. The van der Waals surface area contributed by atoms with Gasteiger partial charge in [-0.1, -0.05) is 12.8 Å². The van der Waals surface area contributed by atoms with Crippen molar-refractivity contribution in [3.05, 3.63) is 29.0 Å². The van der Waals surface area contributed by atoms with Crippen LogP contribution >= 0.6 is 15.9 Å². The maximum Gasteiger partial charge on any atom is 0.112 e. The van der Waals surface area contributed by atoms with Gasteiger partial charge in [0.1, 0.15) is 5.52 Å². The van der Waals surface area contributed by atoms with Gasteiger partial charge in [-0.25, -0.2) is 0 Å². The van der Waals surface area contributed by atoms with Crippen molar-refractivity contribution in [1.29, 1.82) is 0 Å². The number of nitrogens with one attached hydrogen (secondary N) is 1. The van der Waals surface area contributed by atoms with Crippen LogP contribution in [0.15, 0.2) is 29.0 Å². The zero-order valence-electron chi connectivity index (χ0n) is 11.1. The van der Waals surface area contributed by atoms with Crippen LogP contribution in [-0.2, 0) is 0 Å². The molecular weight excluding hydrogens is 302 g/mol. The van der Waals surface area contributed by atoms with Gasteiger partial charge in [-0.05, 0) is 53.7 Å². The molecule has 0 aliphatic heterocycles. The van der Waals surface area contributed by atoms with Crippen LogP contribution in [0.5, 0.6) is 0 Å². The predicted molar refractivity (Wildman–Crippen MR) is 82.3 cm³/mol. The first-order chi connectivity index (χ1) is 9.24. The van der Waals surface area contributed by atoms with Gasteiger partial charge in [0.25, 0.3) is 0 Å². The minimum atomic E-state index is 0.499. The second kappa shape index (κ2) is 5.45. The largest absolute Gasteiger partial charge is 0.380 e. The fourth-order valence-corrected chi connectivity index (χ4v) is 3.26.